The summed E-state index contributed by atoms with van der Waals surface area (Å²) in [7, 11) is 1.88. The number of nitrogens with one attached hydrogen (secondary N) is 1. The van der Waals surface area contributed by atoms with E-state index in [2.05, 4.69) is 24.6 Å². The Hall–Kier alpha value is -1.16. The van der Waals surface area contributed by atoms with Gasteiger partial charge < -0.3 is 10.2 Å². The van der Waals surface area contributed by atoms with Crippen LogP contribution in [0, 0.1) is 0 Å². The molecule has 0 aliphatic carbocycles. The number of carbonyl (C=O) groups is 1. The van der Waals surface area contributed by atoms with E-state index in [1.165, 1.54) is 5.56 Å². The van der Waals surface area contributed by atoms with Gasteiger partial charge in [0.1, 0.15) is 0 Å². The van der Waals surface area contributed by atoms with Crippen molar-refractivity contribution in [3.63, 3.8) is 0 Å². The van der Waals surface area contributed by atoms with Gasteiger partial charge in [-0.2, -0.15) is 11.8 Å². The largest absolute Gasteiger partial charge is 0.384 e. The molecule has 98 valence electrons. The summed E-state index contributed by atoms with van der Waals surface area (Å²) in [4.78, 5) is 14.2. The lowest BCUT2D eigenvalue weighted by Crippen LogP contribution is -2.36. The number of anilines is 1. The van der Waals surface area contributed by atoms with Crippen molar-refractivity contribution in [3.8, 4) is 0 Å². The zero-order valence-corrected chi connectivity index (χ0v) is 12.0. The lowest BCUT2D eigenvalue weighted by Gasteiger charge is -2.24. The summed E-state index contributed by atoms with van der Waals surface area (Å²) in [5, 5.41) is 3.31. The van der Waals surface area contributed by atoms with Crippen LogP contribution >= 0.6 is 11.8 Å². The second kappa shape index (κ2) is 5.65. The molecule has 0 aromatic heterocycles. The number of rotatable bonds is 4. The first-order chi connectivity index (χ1) is 8.63. The van der Waals surface area contributed by atoms with Crippen molar-refractivity contribution in [1.82, 2.24) is 4.90 Å². The Morgan fingerprint density at radius 2 is 2.33 bits per heavy atom. The summed E-state index contributed by atoms with van der Waals surface area (Å²) in [6.07, 6.45) is 3.12. The van der Waals surface area contributed by atoms with Crippen molar-refractivity contribution in [2.75, 3.05) is 30.9 Å². The van der Waals surface area contributed by atoms with Crippen LogP contribution in [0.1, 0.15) is 22.8 Å². The maximum atomic E-state index is 12.3. The molecule has 1 atom stereocenters. The van der Waals surface area contributed by atoms with Gasteiger partial charge in [0.2, 0.25) is 0 Å². The first kappa shape index (κ1) is 13.3. The van der Waals surface area contributed by atoms with Gasteiger partial charge in [-0.25, -0.2) is 0 Å². The smallest absolute Gasteiger partial charge is 0.253 e. The van der Waals surface area contributed by atoms with Crippen molar-refractivity contribution < 1.29 is 4.79 Å². The second-order valence-electron chi connectivity index (χ2n) is 4.77. The summed E-state index contributed by atoms with van der Waals surface area (Å²) in [6, 6.07) is 6.24. The van der Waals surface area contributed by atoms with E-state index in [1.54, 1.807) is 11.8 Å². The number of benzene rings is 1. The van der Waals surface area contributed by atoms with Crippen molar-refractivity contribution in [2.24, 2.45) is 0 Å². The van der Waals surface area contributed by atoms with E-state index < -0.39 is 0 Å². The number of hydrogen-bond acceptors (Lipinski definition) is 3. The summed E-state index contributed by atoms with van der Waals surface area (Å²) in [5.41, 5.74) is 3.21. The van der Waals surface area contributed by atoms with E-state index in [0.717, 1.165) is 30.0 Å². The maximum absolute atomic E-state index is 12.3. The fourth-order valence-corrected chi connectivity index (χ4v) is 2.89. The minimum atomic E-state index is 0.105. The average molecular weight is 264 g/mol. The van der Waals surface area contributed by atoms with Crippen molar-refractivity contribution in [3.05, 3.63) is 29.3 Å². The van der Waals surface area contributed by atoms with E-state index in [1.807, 2.05) is 24.1 Å². The fraction of sp³-hybridized carbons (Fsp3) is 0.500. The molecule has 1 amide bonds. The number of fused-ring (bicyclic) bond motifs is 1. The Bertz CT molecular complexity index is 447. The Morgan fingerprint density at radius 1 is 1.56 bits per heavy atom. The van der Waals surface area contributed by atoms with Gasteiger partial charge in [0, 0.05) is 36.6 Å². The van der Waals surface area contributed by atoms with Crippen molar-refractivity contribution in [1.29, 1.82) is 0 Å². The molecule has 2 rings (SSSR count). The van der Waals surface area contributed by atoms with E-state index in [4.69, 9.17) is 0 Å². The van der Waals surface area contributed by atoms with Gasteiger partial charge in [-0.15, -0.1) is 0 Å². The third-order valence-electron chi connectivity index (χ3n) is 3.46. The van der Waals surface area contributed by atoms with E-state index in [9.17, 15) is 4.79 Å². The molecule has 1 aliphatic heterocycles. The third-order valence-corrected chi connectivity index (χ3v) is 4.27. The number of hydrogen-bond donors (Lipinski definition) is 1. The second-order valence-corrected chi connectivity index (χ2v) is 5.68. The predicted octanol–water partition coefficient (Wildman–Crippen LogP) is 2.48. The van der Waals surface area contributed by atoms with Crippen LogP contribution in [-0.2, 0) is 6.42 Å². The maximum Gasteiger partial charge on any atom is 0.253 e. The molecule has 1 heterocycles. The number of carbonyl (C=O) groups excluding carboxylic acids is 1. The van der Waals surface area contributed by atoms with Crippen LogP contribution in [0.4, 0.5) is 5.69 Å². The number of thioether (sulfide) groups is 1. The van der Waals surface area contributed by atoms with Crippen LogP contribution in [-0.4, -0.2) is 42.4 Å². The van der Waals surface area contributed by atoms with Gasteiger partial charge in [0.05, 0.1) is 0 Å². The third kappa shape index (κ3) is 2.64. The Morgan fingerprint density at radius 3 is 3.06 bits per heavy atom. The molecular weight excluding hydrogens is 244 g/mol. The molecule has 3 nitrogen and oxygen atoms in total. The summed E-state index contributed by atoms with van der Waals surface area (Å²) in [5.74, 6) is 1.07. The highest BCUT2D eigenvalue weighted by Crippen LogP contribution is 2.24. The molecule has 0 radical (unpaired) electrons. The van der Waals surface area contributed by atoms with Gasteiger partial charge in [0.15, 0.2) is 0 Å². The normalized spacial score (nSPS) is 14.8. The molecule has 0 saturated heterocycles. The standard InChI is InChI=1S/C14H20N2OS/c1-10(9-18-3)16(2)14(17)12-5-4-11-6-7-15-13(11)8-12/h4-5,8,10,15H,6-7,9H2,1-3H3. The Labute approximate surface area is 113 Å². The molecule has 0 bridgehead atoms. The first-order valence-corrected chi connectivity index (χ1v) is 7.65. The topological polar surface area (TPSA) is 32.3 Å². The van der Waals surface area contributed by atoms with Crippen LogP contribution < -0.4 is 5.32 Å². The van der Waals surface area contributed by atoms with Crippen LogP contribution in [0.3, 0.4) is 0 Å². The molecule has 1 unspecified atom stereocenters. The first-order valence-electron chi connectivity index (χ1n) is 6.26. The molecule has 4 heteroatoms. The van der Waals surface area contributed by atoms with Crippen LogP contribution in [0.15, 0.2) is 18.2 Å². The Kier molecular flexibility index (Phi) is 4.17. The quantitative estimate of drug-likeness (QED) is 0.907. The van der Waals surface area contributed by atoms with E-state index in [0.29, 0.717) is 0 Å². The molecule has 1 aromatic rings. The van der Waals surface area contributed by atoms with Gasteiger partial charge in [0.25, 0.3) is 5.91 Å². The zero-order chi connectivity index (χ0) is 13.1. The minimum absolute atomic E-state index is 0.105. The van der Waals surface area contributed by atoms with Crippen molar-refractivity contribution >= 4 is 23.4 Å². The lowest BCUT2D eigenvalue weighted by atomic mass is 10.1. The highest BCUT2D eigenvalue weighted by molar-refractivity contribution is 7.98. The summed E-state index contributed by atoms with van der Waals surface area (Å²) in [6.45, 7) is 3.06. The molecule has 1 N–H and O–H groups in total. The summed E-state index contributed by atoms with van der Waals surface area (Å²) < 4.78 is 0. The van der Waals surface area contributed by atoms with Gasteiger partial charge in [-0.05, 0) is 37.3 Å². The van der Waals surface area contributed by atoms with E-state index >= 15 is 0 Å². The highest BCUT2D eigenvalue weighted by atomic mass is 32.2. The average Bonchev–Trinajstić information content (AvgIpc) is 2.84. The molecule has 18 heavy (non-hydrogen) atoms. The zero-order valence-electron chi connectivity index (χ0n) is 11.2. The molecule has 0 spiro atoms. The molecule has 0 fully saturated rings. The van der Waals surface area contributed by atoms with Crippen LogP contribution in [0.2, 0.25) is 0 Å². The minimum Gasteiger partial charge on any atom is -0.384 e. The predicted molar refractivity (Wildman–Crippen MR) is 78.6 cm³/mol. The molecule has 0 saturated carbocycles. The fourth-order valence-electron chi connectivity index (χ4n) is 2.18. The molecule has 1 aromatic carbocycles. The Balaban J connectivity index is 2.13. The highest BCUT2D eigenvalue weighted by Gasteiger charge is 2.19. The SMILES string of the molecule is CSCC(C)N(C)C(=O)c1ccc2c(c1)NCC2. The number of amides is 1. The van der Waals surface area contributed by atoms with Crippen LogP contribution in [0.25, 0.3) is 0 Å². The lowest BCUT2D eigenvalue weighted by molar-refractivity contribution is 0.0757. The van der Waals surface area contributed by atoms with Gasteiger partial charge in [-0.1, -0.05) is 6.07 Å². The van der Waals surface area contributed by atoms with E-state index in [-0.39, 0.29) is 11.9 Å². The molecular formula is C14H20N2OS. The number of nitrogens with zero attached hydrogens (tertiary/aromatic N) is 1. The van der Waals surface area contributed by atoms with Crippen LogP contribution in [0.5, 0.6) is 0 Å². The molecule has 1 aliphatic rings. The van der Waals surface area contributed by atoms with Crippen molar-refractivity contribution in [2.45, 2.75) is 19.4 Å². The monoisotopic (exact) mass is 264 g/mol. The summed E-state index contributed by atoms with van der Waals surface area (Å²) >= 11 is 1.76. The van der Waals surface area contributed by atoms with Gasteiger partial charge >= 0.3 is 0 Å². The van der Waals surface area contributed by atoms with Gasteiger partial charge in [-0.3, -0.25) is 4.79 Å².